The van der Waals surface area contributed by atoms with Gasteiger partial charge in [-0.05, 0) is 35.9 Å². The second-order valence-electron chi connectivity index (χ2n) is 3.79. The Morgan fingerprint density at radius 1 is 1.06 bits per heavy atom. The zero-order chi connectivity index (χ0) is 11.7. The maximum Gasteiger partial charge on any atom is 0.229 e. The quantitative estimate of drug-likeness (QED) is 0.820. The molecule has 0 aliphatic heterocycles. The van der Waals surface area contributed by atoms with E-state index in [1.165, 1.54) is 0 Å². The van der Waals surface area contributed by atoms with Crippen LogP contribution in [0.25, 0.3) is 5.69 Å². The van der Waals surface area contributed by atoms with Crippen LogP contribution in [0.1, 0.15) is 25.6 Å². The van der Waals surface area contributed by atoms with Gasteiger partial charge in [-0.1, -0.05) is 25.4 Å². The molecule has 2 rings (SSSR count). The van der Waals surface area contributed by atoms with E-state index in [0.29, 0.717) is 10.3 Å². The van der Waals surface area contributed by atoms with Gasteiger partial charge in [-0.2, -0.15) is 0 Å². The van der Waals surface area contributed by atoms with E-state index in [0.717, 1.165) is 11.5 Å². The Labute approximate surface area is 104 Å². The third kappa shape index (κ3) is 2.06. The standard InChI is InChI=1S/C11H11Cl2N3/c1-7(2)10-14-15-11(13)16(10)9-5-3-8(12)4-6-9/h3-7H,1-2H3. The Balaban J connectivity index is 2.54. The molecule has 0 fully saturated rings. The summed E-state index contributed by atoms with van der Waals surface area (Å²) in [6, 6.07) is 7.42. The molecule has 0 amide bonds. The normalized spacial score (nSPS) is 11.1. The van der Waals surface area contributed by atoms with E-state index < -0.39 is 0 Å². The highest BCUT2D eigenvalue weighted by atomic mass is 35.5. The molecule has 84 valence electrons. The summed E-state index contributed by atoms with van der Waals surface area (Å²) in [5, 5.41) is 9.00. The maximum absolute atomic E-state index is 6.02. The van der Waals surface area contributed by atoms with Crippen LogP contribution in [0.3, 0.4) is 0 Å². The summed E-state index contributed by atoms with van der Waals surface area (Å²) in [4.78, 5) is 0. The van der Waals surface area contributed by atoms with E-state index >= 15 is 0 Å². The summed E-state index contributed by atoms with van der Waals surface area (Å²) < 4.78 is 1.82. The van der Waals surface area contributed by atoms with Crippen molar-refractivity contribution in [3.05, 3.63) is 40.4 Å². The molecule has 5 heteroatoms. The lowest BCUT2D eigenvalue weighted by Crippen LogP contribution is -2.03. The lowest BCUT2D eigenvalue weighted by Gasteiger charge is -2.09. The van der Waals surface area contributed by atoms with Crippen molar-refractivity contribution in [2.24, 2.45) is 0 Å². The van der Waals surface area contributed by atoms with Gasteiger partial charge < -0.3 is 0 Å². The molecule has 3 nitrogen and oxygen atoms in total. The molecular weight excluding hydrogens is 245 g/mol. The minimum Gasteiger partial charge on any atom is -0.270 e. The van der Waals surface area contributed by atoms with Crippen molar-refractivity contribution in [2.75, 3.05) is 0 Å². The monoisotopic (exact) mass is 255 g/mol. The van der Waals surface area contributed by atoms with Gasteiger partial charge in [0.15, 0.2) is 0 Å². The highest BCUT2D eigenvalue weighted by Gasteiger charge is 2.14. The van der Waals surface area contributed by atoms with E-state index in [2.05, 4.69) is 10.2 Å². The van der Waals surface area contributed by atoms with Crippen molar-refractivity contribution in [1.82, 2.24) is 14.8 Å². The van der Waals surface area contributed by atoms with E-state index in [4.69, 9.17) is 23.2 Å². The van der Waals surface area contributed by atoms with Gasteiger partial charge in [0, 0.05) is 16.6 Å². The molecule has 1 aromatic carbocycles. The lowest BCUT2D eigenvalue weighted by molar-refractivity contribution is 0.745. The molecule has 0 radical (unpaired) electrons. The molecule has 1 aromatic heterocycles. The van der Waals surface area contributed by atoms with Crippen LogP contribution in [0.2, 0.25) is 10.3 Å². The van der Waals surface area contributed by atoms with Gasteiger partial charge in [0.1, 0.15) is 5.82 Å². The first-order valence-electron chi connectivity index (χ1n) is 4.96. The predicted molar refractivity (Wildman–Crippen MR) is 65.5 cm³/mol. The van der Waals surface area contributed by atoms with Crippen LogP contribution >= 0.6 is 23.2 Å². The molecule has 0 atom stereocenters. The third-order valence-corrected chi connectivity index (χ3v) is 2.75. The fourth-order valence-electron chi connectivity index (χ4n) is 1.48. The van der Waals surface area contributed by atoms with E-state index in [-0.39, 0.29) is 5.92 Å². The Kier molecular flexibility index (Phi) is 3.17. The fourth-order valence-corrected chi connectivity index (χ4v) is 1.83. The summed E-state index contributed by atoms with van der Waals surface area (Å²) in [6.07, 6.45) is 0. The molecule has 1 heterocycles. The lowest BCUT2D eigenvalue weighted by atomic mass is 10.2. The van der Waals surface area contributed by atoms with Gasteiger partial charge in [-0.25, -0.2) is 0 Å². The number of nitrogens with zero attached hydrogens (tertiary/aromatic N) is 3. The number of aromatic nitrogens is 3. The summed E-state index contributed by atoms with van der Waals surface area (Å²) in [5.41, 5.74) is 0.920. The smallest absolute Gasteiger partial charge is 0.229 e. The van der Waals surface area contributed by atoms with Crippen molar-refractivity contribution < 1.29 is 0 Å². The van der Waals surface area contributed by atoms with Crippen LogP contribution in [0.5, 0.6) is 0 Å². The zero-order valence-electron chi connectivity index (χ0n) is 8.98. The minimum absolute atomic E-state index is 0.260. The average Bonchev–Trinajstić information content (AvgIpc) is 2.62. The van der Waals surface area contributed by atoms with Crippen LogP contribution in [-0.2, 0) is 0 Å². The van der Waals surface area contributed by atoms with Crippen molar-refractivity contribution in [3.8, 4) is 5.69 Å². The number of rotatable bonds is 2. The van der Waals surface area contributed by atoms with Crippen molar-refractivity contribution >= 4 is 23.2 Å². The second-order valence-corrected chi connectivity index (χ2v) is 4.57. The first-order valence-corrected chi connectivity index (χ1v) is 5.72. The summed E-state index contributed by atoms with van der Waals surface area (Å²) in [7, 11) is 0. The Hall–Kier alpha value is -1.06. The predicted octanol–water partition coefficient (Wildman–Crippen LogP) is 3.70. The van der Waals surface area contributed by atoms with Crippen LogP contribution in [0, 0.1) is 0 Å². The molecule has 0 aliphatic rings. The maximum atomic E-state index is 6.02. The Morgan fingerprint density at radius 2 is 1.69 bits per heavy atom. The van der Waals surface area contributed by atoms with Gasteiger partial charge in [0.2, 0.25) is 5.28 Å². The summed E-state index contributed by atoms with van der Waals surface area (Å²) >= 11 is 11.9. The van der Waals surface area contributed by atoms with Crippen molar-refractivity contribution in [3.63, 3.8) is 0 Å². The highest BCUT2D eigenvalue weighted by molar-refractivity contribution is 6.30. The minimum atomic E-state index is 0.260. The van der Waals surface area contributed by atoms with Crippen molar-refractivity contribution in [1.29, 1.82) is 0 Å². The van der Waals surface area contributed by atoms with Gasteiger partial charge >= 0.3 is 0 Å². The van der Waals surface area contributed by atoms with Crippen molar-refractivity contribution in [2.45, 2.75) is 19.8 Å². The van der Waals surface area contributed by atoms with Crippen LogP contribution in [-0.4, -0.2) is 14.8 Å². The molecule has 2 aromatic rings. The van der Waals surface area contributed by atoms with E-state index in [1.807, 2.05) is 42.7 Å². The first-order chi connectivity index (χ1) is 7.59. The molecule has 0 aliphatic carbocycles. The van der Waals surface area contributed by atoms with E-state index in [9.17, 15) is 0 Å². The molecule has 0 saturated carbocycles. The Morgan fingerprint density at radius 3 is 2.25 bits per heavy atom. The number of hydrogen-bond donors (Lipinski definition) is 0. The third-order valence-electron chi connectivity index (χ3n) is 2.25. The number of halogens is 2. The Bertz CT molecular complexity index is 488. The zero-order valence-corrected chi connectivity index (χ0v) is 10.5. The van der Waals surface area contributed by atoms with Crippen LogP contribution in [0.15, 0.2) is 24.3 Å². The summed E-state index contributed by atoms with van der Waals surface area (Å²) in [5.74, 6) is 1.10. The highest BCUT2D eigenvalue weighted by Crippen LogP contribution is 2.23. The number of benzene rings is 1. The number of hydrogen-bond acceptors (Lipinski definition) is 2. The van der Waals surface area contributed by atoms with Gasteiger partial charge in [-0.3, -0.25) is 4.57 Å². The molecule has 0 spiro atoms. The molecule has 0 saturated heterocycles. The van der Waals surface area contributed by atoms with Gasteiger partial charge in [-0.15, -0.1) is 10.2 Å². The molecule has 16 heavy (non-hydrogen) atoms. The molecule has 0 unspecified atom stereocenters. The average molecular weight is 256 g/mol. The fraction of sp³-hybridized carbons (Fsp3) is 0.273. The van der Waals surface area contributed by atoms with Gasteiger partial charge in [0.05, 0.1) is 0 Å². The van der Waals surface area contributed by atoms with E-state index in [1.54, 1.807) is 0 Å². The molecule has 0 N–H and O–H groups in total. The SMILES string of the molecule is CC(C)c1nnc(Cl)n1-c1ccc(Cl)cc1. The van der Waals surface area contributed by atoms with Gasteiger partial charge in [0.25, 0.3) is 0 Å². The van der Waals surface area contributed by atoms with Crippen LogP contribution < -0.4 is 0 Å². The molecular formula is C11H11Cl2N3. The summed E-state index contributed by atoms with van der Waals surface area (Å²) in [6.45, 7) is 4.10. The largest absolute Gasteiger partial charge is 0.270 e. The van der Waals surface area contributed by atoms with Crippen LogP contribution in [0.4, 0.5) is 0 Å². The first kappa shape index (κ1) is 11.4. The molecule has 0 bridgehead atoms. The topological polar surface area (TPSA) is 30.7 Å². The second kappa shape index (κ2) is 4.44.